The Kier molecular flexibility index (Phi) is 2.71. The van der Waals surface area contributed by atoms with E-state index in [1.54, 1.807) is 22.2 Å². The number of hydrogen-bond donors (Lipinski definition) is 1. The molecule has 1 unspecified atom stereocenters. The molecule has 0 radical (unpaired) electrons. The number of aromatic nitrogens is 2. The Morgan fingerprint density at radius 1 is 1.57 bits per heavy atom. The highest BCUT2D eigenvalue weighted by Gasteiger charge is 2.16. The van der Waals surface area contributed by atoms with E-state index in [4.69, 9.17) is 5.73 Å². The van der Waals surface area contributed by atoms with Gasteiger partial charge >= 0.3 is 0 Å². The lowest BCUT2D eigenvalue weighted by Gasteiger charge is -2.10. The number of hydrogen-bond acceptors (Lipinski definition) is 3. The van der Waals surface area contributed by atoms with E-state index in [-0.39, 0.29) is 6.04 Å². The molecule has 0 saturated carbocycles. The molecule has 0 spiro atoms. The van der Waals surface area contributed by atoms with E-state index in [1.807, 2.05) is 24.6 Å². The van der Waals surface area contributed by atoms with Crippen molar-refractivity contribution in [2.45, 2.75) is 6.04 Å². The van der Waals surface area contributed by atoms with Gasteiger partial charge in [-0.3, -0.25) is 4.68 Å². The molecule has 2 N–H and O–H groups in total. The molecule has 0 aliphatic carbocycles. The van der Waals surface area contributed by atoms with Crippen molar-refractivity contribution in [3.8, 4) is 0 Å². The molecule has 3 nitrogen and oxygen atoms in total. The molecule has 0 saturated heterocycles. The molecule has 0 bridgehead atoms. The average Bonchev–Trinajstić information content (AvgIpc) is 2.73. The summed E-state index contributed by atoms with van der Waals surface area (Å²) in [5, 5.41) is 6.13. The zero-order chi connectivity index (χ0) is 10.1. The van der Waals surface area contributed by atoms with E-state index in [1.165, 1.54) is 0 Å². The number of halogens is 1. The van der Waals surface area contributed by atoms with Crippen molar-refractivity contribution in [2.24, 2.45) is 12.8 Å². The summed E-state index contributed by atoms with van der Waals surface area (Å²) in [7, 11) is 1.90. The number of nitrogens with zero attached hydrogens (tertiary/aromatic N) is 2. The lowest BCUT2D eigenvalue weighted by atomic mass is 10.2. The van der Waals surface area contributed by atoms with E-state index in [0.717, 1.165) is 15.0 Å². The minimum absolute atomic E-state index is 0.100. The molecule has 0 amide bonds. The van der Waals surface area contributed by atoms with Crippen molar-refractivity contribution in [1.29, 1.82) is 0 Å². The molecule has 0 fully saturated rings. The highest BCUT2D eigenvalue weighted by molar-refractivity contribution is 9.10. The highest BCUT2D eigenvalue weighted by atomic mass is 79.9. The van der Waals surface area contributed by atoms with E-state index in [0.29, 0.717) is 0 Å². The van der Waals surface area contributed by atoms with Crippen molar-refractivity contribution < 1.29 is 0 Å². The maximum Gasteiger partial charge on any atom is 0.0828 e. The average molecular weight is 272 g/mol. The van der Waals surface area contributed by atoms with Crippen LogP contribution in [0.2, 0.25) is 0 Å². The van der Waals surface area contributed by atoms with E-state index < -0.39 is 0 Å². The molecule has 2 aromatic rings. The van der Waals surface area contributed by atoms with Crippen molar-refractivity contribution in [2.75, 3.05) is 0 Å². The number of nitrogens with two attached hydrogens (primary N) is 1. The Labute approximate surface area is 94.7 Å². The minimum Gasteiger partial charge on any atom is -0.318 e. The van der Waals surface area contributed by atoms with Gasteiger partial charge in [-0.1, -0.05) is 0 Å². The topological polar surface area (TPSA) is 43.8 Å². The molecular weight excluding hydrogens is 262 g/mol. The summed E-state index contributed by atoms with van der Waals surface area (Å²) in [4.78, 5) is 1.13. The minimum atomic E-state index is -0.100. The smallest absolute Gasteiger partial charge is 0.0828 e. The van der Waals surface area contributed by atoms with Crippen molar-refractivity contribution in [3.63, 3.8) is 0 Å². The predicted molar refractivity (Wildman–Crippen MR) is 61.3 cm³/mol. The lowest BCUT2D eigenvalue weighted by Crippen LogP contribution is -2.15. The SMILES string of the molecule is Cn1nccc1C(N)c1sccc1Br. The first-order valence-corrected chi connectivity index (χ1v) is 5.84. The van der Waals surface area contributed by atoms with Gasteiger partial charge in [-0.25, -0.2) is 0 Å². The van der Waals surface area contributed by atoms with Crippen LogP contribution in [0.1, 0.15) is 16.6 Å². The van der Waals surface area contributed by atoms with E-state index >= 15 is 0 Å². The fourth-order valence-electron chi connectivity index (χ4n) is 1.35. The lowest BCUT2D eigenvalue weighted by molar-refractivity contribution is 0.677. The monoisotopic (exact) mass is 271 g/mol. The molecule has 74 valence electrons. The molecule has 2 rings (SSSR count). The molecule has 5 heteroatoms. The zero-order valence-electron chi connectivity index (χ0n) is 7.64. The second kappa shape index (κ2) is 3.84. The predicted octanol–water partition coefficient (Wildman–Crippen LogP) is 2.29. The summed E-state index contributed by atoms with van der Waals surface area (Å²) in [6.45, 7) is 0. The first-order valence-electron chi connectivity index (χ1n) is 4.16. The second-order valence-electron chi connectivity index (χ2n) is 2.99. The van der Waals surface area contributed by atoms with Crippen LogP contribution in [0.5, 0.6) is 0 Å². The summed E-state index contributed by atoms with van der Waals surface area (Å²) >= 11 is 5.13. The summed E-state index contributed by atoms with van der Waals surface area (Å²) in [5.74, 6) is 0. The summed E-state index contributed by atoms with van der Waals surface area (Å²) in [6.07, 6.45) is 1.76. The van der Waals surface area contributed by atoms with Crippen LogP contribution < -0.4 is 5.73 Å². The molecule has 1 atom stereocenters. The van der Waals surface area contributed by atoms with Crippen LogP contribution in [0.25, 0.3) is 0 Å². The largest absolute Gasteiger partial charge is 0.318 e. The number of aryl methyl sites for hydroxylation is 1. The maximum absolute atomic E-state index is 6.13. The van der Waals surface area contributed by atoms with Crippen LogP contribution >= 0.6 is 27.3 Å². The zero-order valence-corrected chi connectivity index (χ0v) is 10.0. The normalized spacial score (nSPS) is 13.1. The van der Waals surface area contributed by atoms with Gasteiger partial charge in [-0.05, 0) is 33.4 Å². The van der Waals surface area contributed by atoms with Gasteiger partial charge < -0.3 is 5.73 Å². The third-order valence-corrected chi connectivity index (χ3v) is 4.06. The van der Waals surface area contributed by atoms with Crippen molar-refractivity contribution in [3.05, 3.63) is 38.8 Å². The molecule has 0 aromatic carbocycles. The van der Waals surface area contributed by atoms with Crippen LogP contribution in [-0.2, 0) is 7.05 Å². The van der Waals surface area contributed by atoms with Gasteiger partial charge in [0, 0.05) is 22.6 Å². The molecule has 2 aromatic heterocycles. The van der Waals surface area contributed by atoms with Gasteiger partial charge in [0.2, 0.25) is 0 Å². The Morgan fingerprint density at radius 3 is 2.86 bits per heavy atom. The van der Waals surface area contributed by atoms with Crippen LogP contribution in [-0.4, -0.2) is 9.78 Å². The van der Waals surface area contributed by atoms with Crippen LogP contribution in [0.15, 0.2) is 28.2 Å². The fourth-order valence-corrected chi connectivity index (χ4v) is 2.98. The van der Waals surface area contributed by atoms with Gasteiger partial charge in [0.25, 0.3) is 0 Å². The van der Waals surface area contributed by atoms with Crippen LogP contribution in [0.4, 0.5) is 0 Å². The van der Waals surface area contributed by atoms with Gasteiger partial charge in [0.1, 0.15) is 0 Å². The Bertz CT molecular complexity index is 394. The van der Waals surface area contributed by atoms with Crippen molar-refractivity contribution in [1.82, 2.24) is 9.78 Å². The van der Waals surface area contributed by atoms with Gasteiger partial charge in [-0.15, -0.1) is 11.3 Å². The van der Waals surface area contributed by atoms with Crippen LogP contribution in [0.3, 0.4) is 0 Å². The summed E-state index contributed by atoms with van der Waals surface area (Å²) in [5.41, 5.74) is 7.15. The third-order valence-electron chi connectivity index (χ3n) is 2.10. The summed E-state index contributed by atoms with van der Waals surface area (Å²) < 4.78 is 2.87. The van der Waals surface area contributed by atoms with Gasteiger partial charge in [0.15, 0.2) is 0 Å². The Balaban J connectivity index is 2.38. The van der Waals surface area contributed by atoms with Gasteiger partial charge in [0.05, 0.1) is 11.7 Å². The molecule has 0 aliphatic heterocycles. The molecule has 0 aliphatic rings. The number of thiophene rings is 1. The van der Waals surface area contributed by atoms with Crippen LogP contribution in [0, 0.1) is 0 Å². The first kappa shape index (κ1) is 9.89. The van der Waals surface area contributed by atoms with E-state index in [9.17, 15) is 0 Å². The Hall–Kier alpha value is -0.650. The Morgan fingerprint density at radius 2 is 2.36 bits per heavy atom. The second-order valence-corrected chi connectivity index (χ2v) is 4.79. The standard InChI is InChI=1S/C9H10BrN3S/c1-13-7(2-4-12-13)8(11)9-6(10)3-5-14-9/h2-5,8H,11H2,1H3. The molecule has 14 heavy (non-hydrogen) atoms. The highest BCUT2D eigenvalue weighted by Crippen LogP contribution is 2.30. The quantitative estimate of drug-likeness (QED) is 0.911. The van der Waals surface area contributed by atoms with E-state index in [2.05, 4.69) is 21.0 Å². The maximum atomic E-state index is 6.13. The third kappa shape index (κ3) is 1.63. The number of rotatable bonds is 2. The summed E-state index contributed by atoms with van der Waals surface area (Å²) in [6, 6.07) is 3.85. The van der Waals surface area contributed by atoms with Gasteiger partial charge in [-0.2, -0.15) is 5.10 Å². The van der Waals surface area contributed by atoms with Crippen molar-refractivity contribution >= 4 is 27.3 Å². The molecule has 2 heterocycles. The molecular formula is C9H10BrN3S. The first-order chi connectivity index (χ1) is 6.70. The fraction of sp³-hybridized carbons (Fsp3) is 0.222.